The smallest absolute Gasteiger partial charge is 0.184 e. The predicted octanol–water partition coefficient (Wildman–Crippen LogP) is 1.89. The molecule has 0 N–H and O–H groups in total. The molecule has 2 rings (SSSR count). The van der Waals surface area contributed by atoms with Gasteiger partial charge in [0, 0.05) is 12.6 Å². The number of nitrogens with zero attached hydrogens (tertiary/aromatic N) is 5. The van der Waals surface area contributed by atoms with Crippen molar-refractivity contribution in [3.05, 3.63) is 22.1 Å². The van der Waals surface area contributed by atoms with Crippen LogP contribution in [0, 0.1) is 6.92 Å². The Labute approximate surface area is 96.1 Å². The van der Waals surface area contributed by atoms with Gasteiger partial charge in [-0.3, -0.25) is 0 Å². The van der Waals surface area contributed by atoms with Crippen molar-refractivity contribution >= 4 is 23.2 Å². The van der Waals surface area contributed by atoms with Crippen LogP contribution in [0.1, 0.15) is 5.56 Å². The molecule has 5 nitrogen and oxygen atoms in total. The fourth-order valence-electron chi connectivity index (χ4n) is 1.03. The fraction of sp³-hybridized carbons (Fsp3) is 0.250. The van der Waals surface area contributed by atoms with Crippen molar-refractivity contribution in [2.24, 2.45) is 7.05 Å². The molecule has 0 bridgehead atoms. The van der Waals surface area contributed by atoms with Gasteiger partial charge in [0.2, 0.25) is 0 Å². The molecule has 2 aromatic rings. The Kier molecular flexibility index (Phi) is 2.58. The minimum Gasteiger partial charge on any atom is -0.214 e. The summed E-state index contributed by atoms with van der Waals surface area (Å²) < 4.78 is 0. The van der Waals surface area contributed by atoms with E-state index in [9.17, 15) is 0 Å². The molecule has 0 amide bonds. The summed E-state index contributed by atoms with van der Waals surface area (Å²) >= 11 is 11.8. The van der Waals surface area contributed by atoms with Crippen molar-refractivity contribution in [3.8, 4) is 11.5 Å². The maximum atomic E-state index is 5.89. The van der Waals surface area contributed by atoms with Gasteiger partial charge in [-0.25, -0.2) is 9.97 Å². The first-order valence-corrected chi connectivity index (χ1v) is 4.90. The van der Waals surface area contributed by atoms with Crippen molar-refractivity contribution in [2.45, 2.75) is 6.92 Å². The summed E-state index contributed by atoms with van der Waals surface area (Å²) in [5, 5.41) is 8.63. The van der Waals surface area contributed by atoms with E-state index in [4.69, 9.17) is 23.2 Å². The molecule has 0 aliphatic heterocycles. The molecule has 0 aliphatic carbocycles. The molecule has 0 aliphatic rings. The van der Waals surface area contributed by atoms with Crippen LogP contribution in [0.15, 0.2) is 6.20 Å². The van der Waals surface area contributed by atoms with Crippen LogP contribution >= 0.6 is 23.2 Å². The van der Waals surface area contributed by atoms with Gasteiger partial charge in [-0.2, -0.15) is 15.0 Å². The predicted molar refractivity (Wildman–Crippen MR) is 56.8 cm³/mol. The average molecular weight is 244 g/mol. The molecule has 0 radical (unpaired) electrons. The Balaban J connectivity index is 2.55. The third kappa shape index (κ3) is 1.93. The van der Waals surface area contributed by atoms with Crippen LogP contribution < -0.4 is 0 Å². The van der Waals surface area contributed by atoms with Crippen LogP contribution in [0.4, 0.5) is 0 Å². The van der Waals surface area contributed by atoms with Gasteiger partial charge in [-0.15, -0.1) is 0 Å². The summed E-state index contributed by atoms with van der Waals surface area (Å²) in [6, 6.07) is 0. The summed E-state index contributed by atoms with van der Waals surface area (Å²) in [5.41, 5.74) is 1.20. The van der Waals surface area contributed by atoms with Gasteiger partial charge in [0.25, 0.3) is 0 Å². The minimum absolute atomic E-state index is 0.329. The van der Waals surface area contributed by atoms with Crippen LogP contribution in [-0.4, -0.2) is 25.0 Å². The largest absolute Gasteiger partial charge is 0.214 e. The highest BCUT2D eigenvalue weighted by molar-refractivity contribution is 6.34. The molecule has 0 atom stereocenters. The summed E-state index contributed by atoms with van der Waals surface area (Å²) in [7, 11) is 1.71. The van der Waals surface area contributed by atoms with Gasteiger partial charge < -0.3 is 0 Å². The third-order valence-corrected chi connectivity index (χ3v) is 2.59. The molecule has 0 fully saturated rings. The minimum atomic E-state index is 0.329. The second-order valence-corrected chi connectivity index (χ2v) is 3.69. The second-order valence-electron chi connectivity index (χ2n) is 2.97. The van der Waals surface area contributed by atoms with Gasteiger partial charge in [-0.1, -0.05) is 23.2 Å². The van der Waals surface area contributed by atoms with Crippen LogP contribution in [-0.2, 0) is 7.05 Å². The van der Waals surface area contributed by atoms with Crippen molar-refractivity contribution in [3.63, 3.8) is 0 Å². The van der Waals surface area contributed by atoms with E-state index < -0.39 is 0 Å². The molecule has 0 spiro atoms. The molecular weight excluding hydrogens is 237 g/mol. The highest BCUT2D eigenvalue weighted by Gasteiger charge is 2.11. The Bertz CT molecular complexity index is 484. The number of rotatable bonds is 1. The second kappa shape index (κ2) is 3.75. The first-order valence-electron chi connectivity index (χ1n) is 4.14. The van der Waals surface area contributed by atoms with Gasteiger partial charge >= 0.3 is 0 Å². The number of aryl methyl sites for hydroxylation is 1. The van der Waals surface area contributed by atoms with Crippen LogP contribution in [0.2, 0.25) is 10.3 Å². The first kappa shape index (κ1) is 10.3. The van der Waals surface area contributed by atoms with Crippen molar-refractivity contribution in [2.75, 3.05) is 0 Å². The van der Waals surface area contributed by atoms with E-state index in [1.807, 2.05) is 0 Å². The SMILES string of the molecule is Cc1c(Cl)nc(-c2cnn(C)n2)nc1Cl. The lowest BCUT2D eigenvalue weighted by atomic mass is 10.3. The monoisotopic (exact) mass is 243 g/mol. The lowest BCUT2D eigenvalue weighted by Gasteiger charge is -2.01. The zero-order valence-electron chi connectivity index (χ0n) is 8.07. The molecule has 0 aromatic carbocycles. The van der Waals surface area contributed by atoms with E-state index >= 15 is 0 Å². The lowest BCUT2D eigenvalue weighted by molar-refractivity contribution is 0.655. The quantitative estimate of drug-likeness (QED) is 0.718. The van der Waals surface area contributed by atoms with Gasteiger partial charge in [0.1, 0.15) is 16.0 Å². The Hall–Kier alpha value is -1.20. The van der Waals surface area contributed by atoms with Gasteiger partial charge in [0.05, 0.1) is 6.20 Å². The highest BCUT2D eigenvalue weighted by Crippen LogP contribution is 2.23. The Morgan fingerprint density at radius 1 is 1.20 bits per heavy atom. The molecule has 2 aromatic heterocycles. The number of hydrogen-bond acceptors (Lipinski definition) is 4. The Morgan fingerprint density at radius 2 is 1.80 bits per heavy atom. The fourth-order valence-corrected chi connectivity index (χ4v) is 1.41. The lowest BCUT2D eigenvalue weighted by Crippen LogP contribution is -1.96. The van der Waals surface area contributed by atoms with Crippen molar-refractivity contribution < 1.29 is 0 Å². The Morgan fingerprint density at radius 3 is 2.27 bits per heavy atom. The molecule has 15 heavy (non-hydrogen) atoms. The topological polar surface area (TPSA) is 56.5 Å². The van der Waals surface area contributed by atoms with E-state index in [0.717, 1.165) is 0 Å². The summed E-state index contributed by atoms with van der Waals surface area (Å²) in [6.07, 6.45) is 1.55. The molecule has 78 valence electrons. The number of halogens is 2. The van der Waals surface area contributed by atoms with E-state index in [2.05, 4.69) is 20.2 Å². The van der Waals surface area contributed by atoms with Gasteiger partial charge in [-0.05, 0) is 6.92 Å². The molecule has 0 unspecified atom stereocenters. The summed E-state index contributed by atoms with van der Waals surface area (Å²) in [4.78, 5) is 9.56. The first-order chi connectivity index (χ1) is 7.08. The third-order valence-electron chi connectivity index (χ3n) is 1.86. The van der Waals surface area contributed by atoms with E-state index in [0.29, 0.717) is 27.4 Å². The maximum Gasteiger partial charge on any atom is 0.184 e. The summed E-state index contributed by atoms with van der Waals surface area (Å²) in [6.45, 7) is 1.76. The van der Waals surface area contributed by atoms with Crippen molar-refractivity contribution in [1.29, 1.82) is 0 Å². The van der Waals surface area contributed by atoms with Crippen molar-refractivity contribution in [1.82, 2.24) is 25.0 Å². The average Bonchev–Trinajstić information content (AvgIpc) is 2.60. The van der Waals surface area contributed by atoms with Crippen LogP contribution in [0.25, 0.3) is 11.5 Å². The van der Waals surface area contributed by atoms with Crippen LogP contribution in [0.5, 0.6) is 0 Å². The molecule has 2 heterocycles. The number of hydrogen-bond donors (Lipinski definition) is 0. The highest BCUT2D eigenvalue weighted by atomic mass is 35.5. The zero-order chi connectivity index (χ0) is 11.0. The maximum absolute atomic E-state index is 5.89. The molecule has 0 saturated heterocycles. The molecule has 7 heteroatoms. The molecular formula is C8H7Cl2N5. The van der Waals surface area contributed by atoms with Gasteiger partial charge in [0.15, 0.2) is 5.82 Å². The summed E-state index contributed by atoms with van der Waals surface area (Å²) in [5.74, 6) is 0.378. The normalized spacial score (nSPS) is 10.7. The van der Waals surface area contributed by atoms with E-state index in [1.165, 1.54) is 4.80 Å². The van der Waals surface area contributed by atoms with E-state index in [-0.39, 0.29) is 0 Å². The molecule has 0 saturated carbocycles. The van der Waals surface area contributed by atoms with E-state index in [1.54, 1.807) is 20.2 Å². The zero-order valence-corrected chi connectivity index (χ0v) is 9.58. The standard InChI is InChI=1S/C8H7Cl2N5/c1-4-6(9)12-8(13-7(4)10)5-3-11-15(2)14-5/h3H,1-2H3. The number of aromatic nitrogens is 5. The van der Waals surface area contributed by atoms with Crippen LogP contribution in [0.3, 0.4) is 0 Å².